The van der Waals surface area contributed by atoms with Gasteiger partial charge in [0, 0.05) is 35.2 Å². The number of pyridine rings is 1. The molecule has 0 fully saturated rings. The Kier molecular flexibility index (Phi) is 6.47. The van der Waals surface area contributed by atoms with Crippen molar-refractivity contribution in [2.45, 2.75) is 26.5 Å². The molecular formula is C27H25N3O3. The molecule has 33 heavy (non-hydrogen) atoms. The van der Waals surface area contributed by atoms with Crippen LogP contribution >= 0.6 is 0 Å². The van der Waals surface area contributed by atoms with Gasteiger partial charge < -0.3 is 16.2 Å². The number of carbonyl (C=O) groups excluding carboxylic acids is 2. The topological polar surface area (TPSA) is 105 Å². The molecule has 4 aromatic rings. The highest BCUT2D eigenvalue weighted by molar-refractivity contribution is 5.96. The first-order valence-electron chi connectivity index (χ1n) is 10.7. The van der Waals surface area contributed by atoms with Crippen LogP contribution < -0.4 is 11.1 Å². The maximum atomic E-state index is 13.0. The van der Waals surface area contributed by atoms with Crippen LogP contribution in [0.15, 0.2) is 72.8 Å². The van der Waals surface area contributed by atoms with Crippen molar-refractivity contribution < 1.29 is 14.7 Å². The number of fused-ring (bicyclic) bond motifs is 1. The molecule has 0 saturated heterocycles. The third-order valence-electron chi connectivity index (χ3n) is 5.64. The van der Waals surface area contributed by atoms with Crippen molar-refractivity contribution in [2.75, 3.05) is 0 Å². The van der Waals surface area contributed by atoms with E-state index in [1.54, 1.807) is 24.3 Å². The van der Waals surface area contributed by atoms with E-state index in [0.29, 0.717) is 24.1 Å². The molecule has 6 heteroatoms. The van der Waals surface area contributed by atoms with Crippen LogP contribution in [0.5, 0.6) is 0 Å². The Balaban J connectivity index is 1.57. The van der Waals surface area contributed by atoms with Crippen LogP contribution in [0.1, 0.15) is 48.7 Å². The van der Waals surface area contributed by atoms with Gasteiger partial charge in [0.2, 0.25) is 5.91 Å². The number of hydrogen-bond acceptors (Lipinski definition) is 4. The van der Waals surface area contributed by atoms with Gasteiger partial charge in [0.15, 0.2) is 0 Å². The van der Waals surface area contributed by atoms with E-state index in [-0.39, 0.29) is 12.5 Å². The monoisotopic (exact) mass is 439 g/mol. The van der Waals surface area contributed by atoms with Crippen molar-refractivity contribution in [3.8, 4) is 0 Å². The summed E-state index contributed by atoms with van der Waals surface area (Å²) < 4.78 is 0. The molecule has 0 aliphatic heterocycles. The first-order chi connectivity index (χ1) is 16.0. The third kappa shape index (κ3) is 4.91. The molecule has 4 rings (SSSR count). The molecule has 0 unspecified atom stereocenters. The van der Waals surface area contributed by atoms with Crippen molar-refractivity contribution in [3.05, 3.63) is 112 Å². The van der Waals surface area contributed by atoms with Crippen LogP contribution in [0.3, 0.4) is 0 Å². The van der Waals surface area contributed by atoms with Gasteiger partial charge in [0.05, 0.1) is 12.1 Å². The van der Waals surface area contributed by atoms with Gasteiger partial charge in [0.25, 0.3) is 5.91 Å². The molecule has 1 aromatic heterocycles. The van der Waals surface area contributed by atoms with Gasteiger partial charge in [-0.25, -0.2) is 0 Å². The number of nitrogens with one attached hydrogen (secondary N) is 1. The highest BCUT2D eigenvalue weighted by Crippen LogP contribution is 2.25. The Morgan fingerprint density at radius 3 is 2.39 bits per heavy atom. The van der Waals surface area contributed by atoms with Gasteiger partial charge in [-0.1, -0.05) is 48.5 Å². The highest BCUT2D eigenvalue weighted by Gasteiger charge is 2.14. The predicted octanol–water partition coefficient (Wildman–Crippen LogP) is 3.66. The summed E-state index contributed by atoms with van der Waals surface area (Å²) in [6.07, 6.45) is 0.537. The highest BCUT2D eigenvalue weighted by atomic mass is 16.3. The normalized spacial score (nSPS) is 10.8. The lowest BCUT2D eigenvalue weighted by Crippen LogP contribution is -2.24. The fourth-order valence-corrected chi connectivity index (χ4v) is 3.96. The second-order valence-corrected chi connectivity index (χ2v) is 7.97. The lowest BCUT2D eigenvalue weighted by Gasteiger charge is -2.13. The third-order valence-corrected chi connectivity index (χ3v) is 5.64. The van der Waals surface area contributed by atoms with E-state index in [0.717, 1.165) is 38.9 Å². The fraction of sp³-hybridized carbons (Fsp3) is 0.148. The Morgan fingerprint density at radius 1 is 0.939 bits per heavy atom. The Labute approximate surface area is 192 Å². The number of rotatable bonds is 7. The average molecular weight is 440 g/mol. The maximum Gasteiger partial charge on any atom is 0.251 e. The lowest BCUT2D eigenvalue weighted by molar-refractivity contribution is 0.0948. The minimum atomic E-state index is -0.483. The van der Waals surface area contributed by atoms with Crippen LogP contribution in [0.25, 0.3) is 10.9 Å². The van der Waals surface area contributed by atoms with Gasteiger partial charge in [-0.3, -0.25) is 14.6 Å². The molecule has 0 aliphatic carbocycles. The van der Waals surface area contributed by atoms with Crippen molar-refractivity contribution in [1.82, 2.24) is 10.3 Å². The predicted molar refractivity (Wildman–Crippen MR) is 128 cm³/mol. The molecular weight excluding hydrogens is 414 g/mol. The summed E-state index contributed by atoms with van der Waals surface area (Å²) in [5.41, 5.74) is 11.6. The number of aryl methyl sites for hydroxylation is 1. The van der Waals surface area contributed by atoms with E-state index in [1.165, 1.54) is 0 Å². The number of benzene rings is 3. The van der Waals surface area contributed by atoms with Gasteiger partial charge in [-0.15, -0.1) is 0 Å². The number of aromatic nitrogens is 1. The number of amides is 2. The van der Waals surface area contributed by atoms with E-state index >= 15 is 0 Å². The van der Waals surface area contributed by atoms with Gasteiger partial charge >= 0.3 is 0 Å². The number of carbonyl (C=O) groups is 2. The largest absolute Gasteiger partial charge is 0.392 e. The smallest absolute Gasteiger partial charge is 0.251 e. The van der Waals surface area contributed by atoms with Gasteiger partial charge in [-0.05, 0) is 53.4 Å². The van der Waals surface area contributed by atoms with Gasteiger partial charge in [-0.2, -0.15) is 0 Å². The van der Waals surface area contributed by atoms with E-state index in [2.05, 4.69) is 5.32 Å². The number of hydrogen-bond donors (Lipinski definition) is 3. The summed E-state index contributed by atoms with van der Waals surface area (Å²) >= 11 is 0. The fourth-order valence-electron chi connectivity index (χ4n) is 3.96. The summed E-state index contributed by atoms with van der Waals surface area (Å²) in [6, 6.07) is 22.2. The molecule has 2 amide bonds. The number of para-hydroxylation sites is 1. The van der Waals surface area contributed by atoms with E-state index in [4.69, 9.17) is 10.7 Å². The second kappa shape index (κ2) is 9.63. The Hall–Kier alpha value is -4.03. The van der Waals surface area contributed by atoms with Crippen molar-refractivity contribution in [1.29, 1.82) is 0 Å². The number of primary amides is 1. The van der Waals surface area contributed by atoms with Crippen LogP contribution in [-0.2, 0) is 19.6 Å². The SMILES string of the molecule is Cc1cc(CO)c2cccc(Cc3ccccc3C(=O)NCc3ccc(C(N)=O)cc3)c2n1. The standard InChI is InChI=1S/C27H25N3O3/c1-17-13-22(16-31)23-8-4-6-21(25(23)30-17)14-20-5-2-3-7-24(20)27(33)29-15-18-9-11-19(12-10-18)26(28)32/h2-13,31H,14-16H2,1H3,(H2,28,32)(H,29,33). The van der Waals surface area contributed by atoms with Crippen LogP contribution in [0.4, 0.5) is 0 Å². The molecule has 0 bridgehead atoms. The summed E-state index contributed by atoms with van der Waals surface area (Å²) in [5.74, 6) is -0.659. The molecule has 0 radical (unpaired) electrons. The first kappa shape index (κ1) is 22.2. The molecule has 0 atom stereocenters. The number of nitrogens with zero attached hydrogens (tertiary/aromatic N) is 1. The molecule has 1 heterocycles. The zero-order valence-corrected chi connectivity index (χ0v) is 18.3. The summed E-state index contributed by atoms with van der Waals surface area (Å²) in [6.45, 7) is 2.19. The van der Waals surface area contributed by atoms with Crippen molar-refractivity contribution in [3.63, 3.8) is 0 Å². The molecule has 6 nitrogen and oxygen atoms in total. The summed E-state index contributed by atoms with van der Waals surface area (Å²) in [4.78, 5) is 28.9. The van der Waals surface area contributed by atoms with E-state index < -0.39 is 5.91 Å². The second-order valence-electron chi connectivity index (χ2n) is 7.97. The van der Waals surface area contributed by atoms with E-state index in [1.807, 2.05) is 55.5 Å². The van der Waals surface area contributed by atoms with Crippen LogP contribution in [-0.4, -0.2) is 21.9 Å². The van der Waals surface area contributed by atoms with Crippen molar-refractivity contribution in [2.24, 2.45) is 5.73 Å². The quantitative estimate of drug-likeness (QED) is 0.409. The molecule has 0 saturated carbocycles. The summed E-state index contributed by atoms with van der Waals surface area (Å²) in [5, 5.41) is 13.6. The van der Waals surface area contributed by atoms with Crippen molar-refractivity contribution >= 4 is 22.7 Å². The number of nitrogens with two attached hydrogens (primary N) is 1. The van der Waals surface area contributed by atoms with Crippen LogP contribution in [0.2, 0.25) is 0 Å². The number of aliphatic hydroxyl groups is 1. The Morgan fingerprint density at radius 2 is 1.67 bits per heavy atom. The van der Waals surface area contributed by atoms with Crippen LogP contribution in [0, 0.1) is 6.92 Å². The minimum absolute atomic E-state index is 0.0529. The van der Waals surface area contributed by atoms with Gasteiger partial charge in [0.1, 0.15) is 0 Å². The van der Waals surface area contributed by atoms with E-state index in [9.17, 15) is 14.7 Å². The zero-order valence-electron chi connectivity index (χ0n) is 18.3. The minimum Gasteiger partial charge on any atom is -0.392 e. The maximum absolute atomic E-state index is 13.0. The average Bonchev–Trinajstić information content (AvgIpc) is 2.83. The lowest BCUT2D eigenvalue weighted by atomic mass is 9.96. The molecule has 166 valence electrons. The zero-order chi connectivity index (χ0) is 23.4. The molecule has 4 N–H and O–H groups in total. The number of aliphatic hydroxyl groups excluding tert-OH is 1. The molecule has 0 aliphatic rings. The summed E-state index contributed by atoms with van der Waals surface area (Å²) in [7, 11) is 0. The Bertz CT molecular complexity index is 1330. The first-order valence-corrected chi connectivity index (χ1v) is 10.7. The molecule has 3 aromatic carbocycles. The molecule has 0 spiro atoms.